The van der Waals surface area contributed by atoms with Gasteiger partial charge < -0.3 is 0 Å². The predicted octanol–water partition coefficient (Wildman–Crippen LogP) is 0.392. The molecule has 0 spiro atoms. The largest absolute Gasteiger partial charge is 0.297 e. The lowest BCUT2D eigenvalue weighted by molar-refractivity contribution is -0.117. The Kier molecular flexibility index (Phi) is 4.00. The molecule has 2 heterocycles. The Morgan fingerprint density at radius 3 is 1.79 bits per heavy atom. The normalized spacial score (nSPS) is 43.0. The van der Waals surface area contributed by atoms with E-state index in [1.165, 1.54) is 0 Å². The average molecular weight is 268 g/mol. The standard InChI is InChI=1S/C7H12N2OS4/c10-5(3-1-8-6(11)13-3)4-2-9-7(12)14-4/h3-4,6-9,11-12H,1-2H2. The molecule has 3 nitrogen and oxygen atoms in total. The van der Waals surface area contributed by atoms with Crippen LogP contribution in [0.4, 0.5) is 0 Å². The number of thioether (sulfide) groups is 2. The van der Waals surface area contributed by atoms with Gasteiger partial charge in [0.15, 0.2) is 5.78 Å². The molecule has 2 fully saturated rings. The van der Waals surface area contributed by atoms with Crippen LogP contribution in [0.25, 0.3) is 0 Å². The molecule has 4 atom stereocenters. The first kappa shape index (κ1) is 11.5. The molecule has 0 saturated carbocycles. The van der Waals surface area contributed by atoms with Gasteiger partial charge in [-0.25, -0.2) is 0 Å². The van der Waals surface area contributed by atoms with E-state index in [1.54, 1.807) is 23.5 Å². The summed E-state index contributed by atoms with van der Waals surface area (Å²) in [6.45, 7) is 1.48. The number of carbonyl (C=O) groups excluding carboxylic acids is 1. The van der Waals surface area contributed by atoms with Gasteiger partial charge >= 0.3 is 0 Å². The summed E-state index contributed by atoms with van der Waals surface area (Å²) < 4.78 is 0.213. The molecule has 0 amide bonds. The van der Waals surface area contributed by atoms with Gasteiger partial charge in [-0.1, -0.05) is 0 Å². The van der Waals surface area contributed by atoms with Crippen molar-refractivity contribution in [2.24, 2.45) is 0 Å². The zero-order valence-corrected chi connectivity index (χ0v) is 10.8. The molecule has 0 bridgehead atoms. The maximum atomic E-state index is 11.9. The molecule has 2 saturated heterocycles. The minimum atomic E-state index is 0.0652. The van der Waals surface area contributed by atoms with Crippen molar-refractivity contribution in [2.75, 3.05) is 13.1 Å². The van der Waals surface area contributed by atoms with E-state index in [9.17, 15) is 4.79 Å². The number of carbonyl (C=O) groups is 1. The van der Waals surface area contributed by atoms with Crippen LogP contribution in [-0.2, 0) is 4.79 Å². The van der Waals surface area contributed by atoms with Gasteiger partial charge in [0, 0.05) is 13.1 Å². The summed E-state index contributed by atoms with van der Waals surface area (Å²) in [6, 6.07) is 0. The minimum Gasteiger partial charge on any atom is -0.297 e. The number of Topliss-reactive ketones (excluding diaryl/α,β-unsaturated/α-hetero) is 1. The highest BCUT2D eigenvalue weighted by Gasteiger charge is 2.36. The Morgan fingerprint density at radius 2 is 1.50 bits per heavy atom. The van der Waals surface area contributed by atoms with Crippen LogP contribution >= 0.6 is 48.8 Å². The molecule has 2 aliphatic heterocycles. The summed E-state index contributed by atoms with van der Waals surface area (Å²) in [5.74, 6) is 0.313. The number of rotatable bonds is 2. The van der Waals surface area contributed by atoms with Crippen molar-refractivity contribution < 1.29 is 4.79 Å². The van der Waals surface area contributed by atoms with Gasteiger partial charge in [-0.3, -0.25) is 15.4 Å². The van der Waals surface area contributed by atoms with Crippen LogP contribution in [0, 0.1) is 0 Å². The zero-order chi connectivity index (χ0) is 10.1. The lowest BCUT2D eigenvalue weighted by atomic mass is 10.2. The number of ketones is 1. The Hall–Kier alpha value is 0.990. The summed E-state index contributed by atoms with van der Waals surface area (Å²) in [5.41, 5.74) is 0. The van der Waals surface area contributed by atoms with Crippen LogP contribution < -0.4 is 10.6 Å². The highest BCUT2D eigenvalue weighted by atomic mass is 32.2. The molecule has 80 valence electrons. The molecule has 0 radical (unpaired) electrons. The summed E-state index contributed by atoms with van der Waals surface area (Å²) >= 11 is 11.7. The van der Waals surface area contributed by atoms with Gasteiger partial charge in [0.25, 0.3) is 0 Å². The fourth-order valence-electron chi connectivity index (χ4n) is 1.46. The lowest BCUT2D eigenvalue weighted by Crippen LogP contribution is -2.32. The Bertz CT molecular complexity index is 218. The van der Waals surface area contributed by atoms with Crippen molar-refractivity contribution in [1.29, 1.82) is 0 Å². The van der Waals surface area contributed by atoms with Gasteiger partial charge in [-0.05, 0) is 0 Å². The van der Waals surface area contributed by atoms with E-state index in [0.717, 1.165) is 13.1 Å². The van der Waals surface area contributed by atoms with Crippen LogP contribution in [0.1, 0.15) is 0 Å². The summed E-state index contributed by atoms with van der Waals surface area (Å²) in [5, 5.41) is 6.42. The summed E-state index contributed by atoms with van der Waals surface area (Å²) in [7, 11) is 0. The van der Waals surface area contributed by atoms with Crippen LogP contribution in [0.2, 0.25) is 0 Å². The zero-order valence-electron chi connectivity index (χ0n) is 7.34. The summed E-state index contributed by atoms with van der Waals surface area (Å²) in [4.78, 5) is 11.9. The van der Waals surface area contributed by atoms with Gasteiger partial charge in [0.2, 0.25) is 0 Å². The van der Waals surface area contributed by atoms with Crippen molar-refractivity contribution >= 4 is 54.6 Å². The monoisotopic (exact) mass is 268 g/mol. The minimum absolute atomic E-state index is 0.0652. The molecule has 14 heavy (non-hydrogen) atoms. The third kappa shape index (κ3) is 2.56. The number of nitrogens with one attached hydrogen (secondary N) is 2. The molecule has 0 aromatic carbocycles. The Labute approximate surface area is 103 Å². The first-order valence-corrected chi connectivity index (χ1v) is 7.26. The fraction of sp³-hybridized carbons (Fsp3) is 0.857. The van der Waals surface area contributed by atoms with Crippen molar-refractivity contribution in [3.05, 3.63) is 0 Å². The summed E-state index contributed by atoms with van der Waals surface area (Å²) in [6.07, 6.45) is 0. The van der Waals surface area contributed by atoms with E-state index in [4.69, 9.17) is 0 Å². The van der Waals surface area contributed by atoms with Crippen LogP contribution in [0.3, 0.4) is 0 Å². The molecule has 0 aliphatic carbocycles. The van der Waals surface area contributed by atoms with Crippen LogP contribution in [0.15, 0.2) is 0 Å². The molecule has 2 aliphatic rings. The maximum Gasteiger partial charge on any atom is 0.161 e. The van der Waals surface area contributed by atoms with E-state index >= 15 is 0 Å². The van der Waals surface area contributed by atoms with Crippen molar-refractivity contribution in [3.8, 4) is 0 Å². The third-order valence-electron chi connectivity index (χ3n) is 2.18. The van der Waals surface area contributed by atoms with Crippen molar-refractivity contribution in [2.45, 2.75) is 19.9 Å². The van der Waals surface area contributed by atoms with Crippen LogP contribution in [-0.4, -0.2) is 38.8 Å². The number of thiol groups is 2. The maximum absolute atomic E-state index is 11.9. The second-order valence-electron chi connectivity index (χ2n) is 3.17. The SMILES string of the molecule is O=C(C1CNC(S)S1)C1CNC(S)S1. The second-order valence-corrected chi connectivity index (χ2v) is 7.53. The molecule has 0 aromatic heterocycles. The smallest absolute Gasteiger partial charge is 0.161 e. The van der Waals surface area contributed by atoms with Crippen LogP contribution in [0.5, 0.6) is 0 Å². The molecular formula is C7H12N2OS4. The Balaban J connectivity index is 1.89. The van der Waals surface area contributed by atoms with E-state index < -0.39 is 0 Å². The molecule has 2 rings (SSSR count). The topological polar surface area (TPSA) is 41.1 Å². The van der Waals surface area contributed by atoms with Gasteiger partial charge in [-0.2, -0.15) is 0 Å². The fourth-order valence-corrected chi connectivity index (χ4v) is 4.63. The number of hydrogen-bond donors (Lipinski definition) is 4. The van der Waals surface area contributed by atoms with Gasteiger partial charge in [0.1, 0.15) is 0 Å². The quantitative estimate of drug-likeness (QED) is 0.546. The highest BCUT2D eigenvalue weighted by molar-refractivity contribution is 8.12. The van der Waals surface area contributed by atoms with E-state index in [2.05, 4.69) is 35.9 Å². The van der Waals surface area contributed by atoms with Gasteiger partial charge in [-0.15, -0.1) is 48.8 Å². The first-order valence-electron chi connectivity index (χ1n) is 4.34. The lowest BCUT2D eigenvalue weighted by Gasteiger charge is -2.11. The van der Waals surface area contributed by atoms with E-state index in [-0.39, 0.29) is 19.9 Å². The predicted molar refractivity (Wildman–Crippen MR) is 69.3 cm³/mol. The molecular weight excluding hydrogens is 256 g/mol. The molecule has 7 heteroatoms. The van der Waals surface area contributed by atoms with Gasteiger partial charge in [0.05, 0.1) is 19.9 Å². The van der Waals surface area contributed by atoms with Crippen molar-refractivity contribution in [1.82, 2.24) is 10.6 Å². The molecule has 4 unspecified atom stereocenters. The highest BCUT2D eigenvalue weighted by Crippen LogP contribution is 2.32. The second kappa shape index (κ2) is 4.88. The van der Waals surface area contributed by atoms with E-state index in [1.807, 2.05) is 0 Å². The van der Waals surface area contributed by atoms with E-state index in [0.29, 0.717) is 5.78 Å². The molecule has 0 aromatic rings. The molecule has 2 N–H and O–H groups in total. The average Bonchev–Trinajstić information content (AvgIpc) is 2.73. The number of hydrogen-bond acceptors (Lipinski definition) is 7. The van der Waals surface area contributed by atoms with Crippen molar-refractivity contribution in [3.63, 3.8) is 0 Å². The Morgan fingerprint density at radius 1 is 1.07 bits per heavy atom. The first-order chi connectivity index (χ1) is 6.66. The third-order valence-corrected chi connectivity index (χ3v) is 5.58.